The normalized spacial score (nSPS) is 12.9. The molecule has 5 rings (SSSR count). The highest BCUT2D eigenvalue weighted by Crippen LogP contribution is 2.29. The zero-order chi connectivity index (χ0) is 17.3. The van der Waals surface area contributed by atoms with Crippen LogP contribution >= 0.6 is 0 Å². The lowest BCUT2D eigenvalue weighted by Gasteiger charge is -2.09. The van der Waals surface area contributed by atoms with Crippen LogP contribution in [0.3, 0.4) is 0 Å². The molecule has 0 atom stereocenters. The highest BCUT2D eigenvalue weighted by Gasteiger charge is 2.16. The minimum absolute atomic E-state index is 0.779. The average molecular weight is 343 g/mol. The second-order valence-electron chi connectivity index (χ2n) is 6.34. The Hall–Kier alpha value is -3.28. The van der Waals surface area contributed by atoms with Crippen molar-refractivity contribution in [1.82, 2.24) is 24.6 Å². The number of hydrogen-bond acceptors (Lipinski definition) is 5. The first kappa shape index (κ1) is 15.0. The van der Waals surface area contributed by atoms with Gasteiger partial charge in [-0.3, -0.25) is 9.38 Å². The van der Waals surface area contributed by atoms with Gasteiger partial charge < -0.3 is 4.74 Å². The van der Waals surface area contributed by atoms with E-state index < -0.39 is 0 Å². The highest BCUT2D eigenvalue weighted by molar-refractivity contribution is 5.76. The van der Waals surface area contributed by atoms with Crippen LogP contribution in [0.1, 0.15) is 17.0 Å². The van der Waals surface area contributed by atoms with Crippen LogP contribution < -0.4 is 4.74 Å². The van der Waals surface area contributed by atoms with E-state index in [1.807, 2.05) is 28.8 Å². The minimum Gasteiger partial charge on any atom is -0.493 e. The summed E-state index contributed by atoms with van der Waals surface area (Å²) in [5.74, 6) is 1.98. The van der Waals surface area contributed by atoms with Gasteiger partial charge in [0.25, 0.3) is 0 Å². The van der Waals surface area contributed by atoms with Crippen molar-refractivity contribution in [3.05, 3.63) is 72.2 Å². The molecule has 6 nitrogen and oxygen atoms in total. The van der Waals surface area contributed by atoms with Crippen molar-refractivity contribution in [3.63, 3.8) is 0 Å². The number of benzene rings is 1. The van der Waals surface area contributed by atoms with Crippen LogP contribution in [-0.2, 0) is 19.3 Å². The first-order chi connectivity index (χ1) is 12.9. The van der Waals surface area contributed by atoms with E-state index in [0.717, 1.165) is 54.2 Å². The molecule has 0 radical (unpaired) electrons. The van der Waals surface area contributed by atoms with Gasteiger partial charge >= 0.3 is 0 Å². The minimum atomic E-state index is 0.779. The maximum atomic E-state index is 5.67. The monoisotopic (exact) mass is 343 g/mol. The van der Waals surface area contributed by atoms with Gasteiger partial charge in [0.15, 0.2) is 5.65 Å². The van der Waals surface area contributed by atoms with Gasteiger partial charge in [0, 0.05) is 42.6 Å². The molecule has 0 amide bonds. The lowest BCUT2D eigenvalue weighted by atomic mass is 10.0. The fourth-order valence-electron chi connectivity index (χ4n) is 3.56. The maximum Gasteiger partial charge on any atom is 0.171 e. The molecule has 1 aromatic carbocycles. The Morgan fingerprint density at radius 2 is 2.00 bits per heavy atom. The molecule has 0 unspecified atom stereocenters. The summed E-state index contributed by atoms with van der Waals surface area (Å²) >= 11 is 0. The van der Waals surface area contributed by atoms with E-state index in [4.69, 9.17) is 9.72 Å². The third-order valence-corrected chi connectivity index (χ3v) is 4.86. The summed E-state index contributed by atoms with van der Waals surface area (Å²) in [6.45, 7) is 0.779. The summed E-state index contributed by atoms with van der Waals surface area (Å²) in [5, 5.41) is 8.40. The number of aromatic nitrogens is 5. The molecule has 6 heteroatoms. The molecule has 1 aliphatic heterocycles. The molecule has 3 aromatic heterocycles. The summed E-state index contributed by atoms with van der Waals surface area (Å²) in [5.41, 5.74) is 5.49. The summed E-state index contributed by atoms with van der Waals surface area (Å²) in [6.07, 6.45) is 9.89. The molecule has 4 aromatic rings. The van der Waals surface area contributed by atoms with Crippen LogP contribution in [0.5, 0.6) is 5.75 Å². The summed E-state index contributed by atoms with van der Waals surface area (Å²) in [7, 11) is 0. The van der Waals surface area contributed by atoms with Crippen molar-refractivity contribution >= 4 is 5.65 Å². The zero-order valence-corrected chi connectivity index (χ0v) is 14.2. The molecule has 128 valence electrons. The van der Waals surface area contributed by atoms with Gasteiger partial charge in [-0.15, -0.1) is 10.2 Å². The molecule has 0 saturated carbocycles. The molecule has 0 N–H and O–H groups in total. The quantitative estimate of drug-likeness (QED) is 0.570. The van der Waals surface area contributed by atoms with Crippen LogP contribution in [0.2, 0.25) is 0 Å². The third kappa shape index (κ3) is 2.50. The fourth-order valence-corrected chi connectivity index (χ4v) is 3.56. The number of rotatable bonds is 4. The van der Waals surface area contributed by atoms with E-state index in [1.54, 1.807) is 18.7 Å². The number of hydrogen-bond donors (Lipinski definition) is 0. The van der Waals surface area contributed by atoms with Crippen molar-refractivity contribution in [1.29, 1.82) is 0 Å². The van der Waals surface area contributed by atoms with Crippen LogP contribution in [-0.4, -0.2) is 31.2 Å². The van der Waals surface area contributed by atoms with Gasteiger partial charge in [0.2, 0.25) is 0 Å². The van der Waals surface area contributed by atoms with Crippen molar-refractivity contribution in [2.45, 2.75) is 19.3 Å². The second kappa shape index (κ2) is 6.22. The van der Waals surface area contributed by atoms with Gasteiger partial charge in [-0.05, 0) is 35.7 Å². The second-order valence-corrected chi connectivity index (χ2v) is 6.34. The van der Waals surface area contributed by atoms with Crippen LogP contribution in [0.4, 0.5) is 0 Å². The van der Waals surface area contributed by atoms with Crippen molar-refractivity contribution < 1.29 is 4.74 Å². The smallest absolute Gasteiger partial charge is 0.171 e. The van der Waals surface area contributed by atoms with E-state index in [2.05, 4.69) is 27.3 Å². The zero-order valence-electron chi connectivity index (χ0n) is 14.2. The molecular formula is C20H17N5O. The highest BCUT2D eigenvalue weighted by atomic mass is 16.5. The summed E-state index contributed by atoms with van der Waals surface area (Å²) < 4.78 is 7.65. The molecule has 0 bridgehead atoms. The fraction of sp³-hybridized carbons (Fsp3) is 0.200. The Balaban J connectivity index is 1.48. The molecule has 26 heavy (non-hydrogen) atoms. The van der Waals surface area contributed by atoms with Gasteiger partial charge in [-0.2, -0.15) is 0 Å². The Kier molecular flexibility index (Phi) is 3.59. The Morgan fingerprint density at radius 3 is 2.92 bits per heavy atom. The van der Waals surface area contributed by atoms with Crippen LogP contribution in [0.15, 0.2) is 55.2 Å². The molecule has 4 heterocycles. The van der Waals surface area contributed by atoms with Crippen LogP contribution in [0.25, 0.3) is 16.8 Å². The summed E-state index contributed by atoms with van der Waals surface area (Å²) in [4.78, 5) is 8.77. The number of nitrogens with zero attached hydrogens (tertiary/aromatic N) is 5. The van der Waals surface area contributed by atoms with Crippen molar-refractivity contribution in [2.24, 2.45) is 0 Å². The van der Waals surface area contributed by atoms with Gasteiger partial charge in [0.05, 0.1) is 6.61 Å². The van der Waals surface area contributed by atoms with E-state index in [1.165, 1.54) is 11.1 Å². The summed E-state index contributed by atoms with van der Waals surface area (Å²) in [6, 6.07) is 10.2. The molecule has 0 aliphatic carbocycles. The molecular weight excluding hydrogens is 326 g/mol. The lowest BCUT2D eigenvalue weighted by Crippen LogP contribution is -2.04. The molecule has 0 spiro atoms. The van der Waals surface area contributed by atoms with Crippen molar-refractivity contribution in [2.75, 3.05) is 6.61 Å². The molecule has 0 fully saturated rings. The largest absolute Gasteiger partial charge is 0.493 e. The van der Waals surface area contributed by atoms with Crippen molar-refractivity contribution in [3.8, 4) is 16.9 Å². The van der Waals surface area contributed by atoms with E-state index in [9.17, 15) is 0 Å². The standard InChI is InChI=1S/C20H17N5O/c1-2-14(16-8-11-26-18(16)3-1)4-5-19-22-12-17(15-6-9-21-10-7-15)20-24-23-13-25(19)20/h1-3,6-7,9-10,12-13H,4-5,8,11H2. The third-order valence-electron chi connectivity index (χ3n) is 4.86. The first-order valence-corrected chi connectivity index (χ1v) is 8.72. The van der Waals surface area contributed by atoms with E-state index in [-0.39, 0.29) is 0 Å². The topological polar surface area (TPSA) is 65.2 Å². The molecule has 1 aliphatic rings. The van der Waals surface area contributed by atoms with Gasteiger partial charge in [0.1, 0.15) is 17.9 Å². The number of fused-ring (bicyclic) bond motifs is 2. The lowest BCUT2D eigenvalue weighted by molar-refractivity contribution is 0.357. The Bertz CT molecular complexity index is 1070. The van der Waals surface area contributed by atoms with Crippen LogP contribution in [0, 0.1) is 0 Å². The van der Waals surface area contributed by atoms with E-state index in [0.29, 0.717) is 0 Å². The Morgan fingerprint density at radius 1 is 1.08 bits per heavy atom. The Labute approximate surface area is 150 Å². The first-order valence-electron chi connectivity index (χ1n) is 8.72. The average Bonchev–Trinajstić information content (AvgIpc) is 3.36. The van der Waals surface area contributed by atoms with E-state index >= 15 is 0 Å². The predicted octanol–water partition coefficient (Wildman–Crippen LogP) is 2.91. The molecule has 0 saturated heterocycles. The number of ether oxygens (including phenoxy) is 1. The SMILES string of the molecule is c1cc(CCc2ncc(-c3ccncc3)c3nncn23)c2c(c1)OCC2. The predicted molar refractivity (Wildman–Crippen MR) is 97.1 cm³/mol. The van der Waals surface area contributed by atoms with Gasteiger partial charge in [-0.25, -0.2) is 4.98 Å². The maximum absolute atomic E-state index is 5.67. The number of aryl methyl sites for hydroxylation is 2. The van der Waals surface area contributed by atoms with Gasteiger partial charge in [-0.1, -0.05) is 12.1 Å². The number of pyridine rings is 1.